The molecule has 5 fully saturated rings. The third-order valence-corrected chi connectivity index (χ3v) is 14.8. The van der Waals surface area contributed by atoms with Crippen LogP contribution in [0.3, 0.4) is 0 Å². The Hall–Kier alpha value is -3.59. The SMILES string of the molecule is [C-]#[N+]c1c(C(=O)OC2C(C(C)(C)C)CC(C)CC2C(C)(C)C)c2nc(C3CCC(OC)C(NC(=O)C45CC6CCC4CCC(C6)C5)C3)[nH]n2c1OC(=O)N(C)C. The Morgan fingerprint density at radius 2 is 1.55 bits per heavy atom. The lowest BCUT2D eigenvalue weighted by Gasteiger charge is -2.56. The smallest absolute Gasteiger partial charge is 0.414 e. The number of esters is 1. The Balaban J connectivity index is 1.22. The quantitative estimate of drug-likeness (QED) is 0.212. The summed E-state index contributed by atoms with van der Waals surface area (Å²) in [5, 5.41) is 6.86. The number of hydrogen-bond donors (Lipinski definition) is 2. The van der Waals surface area contributed by atoms with Gasteiger partial charge < -0.3 is 24.4 Å². The Labute approximate surface area is 333 Å². The van der Waals surface area contributed by atoms with E-state index in [0.717, 1.165) is 51.4 Å². The molecule has 56 heavy (non-hydrogen) atoms. The summed E-state index contributed by atoms with van der Waals surface area (Å²) in [5.41, 5.74) is -0.454. The first-order chi connectivity index (χ1) is 26.3. The number of H-pyrrole nitrogens is 1. The highest BCUT2D eigenvalue weighted by Crippen LogP contribution is 2.60. The van der Waals surface area contributed by atoms with Crippen LogP contribution in [0.15, 0.2) is 0 Å². The van der Waals surface area contributed by atoms with Crippen molar-refractivity contribution in [3.05, 3.63) is 22.8 Å². The number of methoxy groups -OCH3 is 1. The molecule has 12 nitrogen and oxygen atoms in total. The van der Waals surface area contributed by atoms with E-state index in [1.165, 1.54) is 28.7 Å². The summed E-state index contributed by atoms with van der Waals surface area (Å²) in [6.45, 7) is 23.7. The summed E-state index contributed by atoms with van der Waals surface area (Å²) in [7, 11) is 4.85. The molecule has 0 saturated heterocycles. The van der Waals surface area contributed by atoms with Crippen molar-refractivity contribution in [2.24, 2.45) is 51.8 Å². The molecular weight excluding hydrogens is 709 g/mol. The van der Waals surface area contributed by atoms with E-state index in [9.17, 15) is 14.4 Å². The predicted molar refractivity (Wildman–Crippen MR) is 214 cm³/mol. The standard InChI is InChI=1S/C44H66N6O6/c1-24-18-29(42(2,3)4)35(30(19-24)43(5,6)7)55-39(51)33-34(45-8)38(56-41(53)49(9)10)50-37(33)47-36(48-50)27-14-17-32(54-11)31(21-27)46-40(52)44-22-25-12-15-28(44)16-13-26(20-25)23-44/h24-32,35H,12-23H2,1-7,9-11H3,(H,46,52)(H,47,48). The van der Waals surface area contributed by atoms with Crippen LogP contribution < -0.4 is 10.1 Å². The zero-order valence-electron chi connectivity index (χ0n) is 35.5. The maximum atomic E-state index is 14.7. The lowest BCUT2D eigenvalue weighted by molar-refractivity contribution is -0.151. The number of aromatic amines is 1. The van der Waals surface area contributed by atoms with Gasteiger partial charge >= 0.3 is 12.1 Å². The average Bonchev–Trinajstić information content (AvgIpc) is 3.67. The van der Waals surface area contributed by atoms with E-state index < -0.39 is 12.1 Å². The molecule has 7 unspecified atom stereocenters. The molecule has 12 heteroatoms. The monoisotopic (exact) mass is 775 g/mol. The molecule has 7 atom stereocenters. The molecule has 2 amide bonds. The number of fused-ring (bicyclic) bond motifs is 3. The number of carbonyl (C=O) groups excluding carboxylic acids is 3. The van der Waals surface area contributed by atoms with Gasteiger partial charge in [-0.25, -0.2) is 23.9 Å². The first-order valence-electron chi connectivity index (χ1n) is 21.3. The van der Waals surface area contributed by atoms with Crippen molar-refractivity contribution in [3.63, 3.8) is 0 Å². The van der Waals surface area contributed by atoms with Crippen LogP contribution in [-0.4, -0.2) is 76.9 Å². The third-order valence-electron chi connectivity index (χ3n) is 14.8. The molecule has 5 aliphatic carbocycles. The van der Waals surface area contributed by atoms with Crippen molar-refractivity contribution in [2.45, 2.75) is 150 Å². The van der Waals surface area contributed by atoms with Crippen LogP contribution in [-0.2, 0) is 14.3 Å². The second kappa shape index (κ2) is 15.0. The predicted octanol–water partition coefficient (Wildman–Crippen LogP) is 8.93. The van der Waals surface area contributed by atoms with Crippen LogP contribution in [0.1, 0.15) is 148 Å². The summed E-state index contributed by atoms with van der Waals surface area (Å²) in [5.74, 6) is 2.38. The normalized spacial score (nSPS) is 34.4. The molecule has 3 bridgehead atoms. The molecule has 2 aromatic rings. The number of amides is 2. The van der Waals surface area contributed by atoms with Crippen LogP contribution in [0, 0.1) is 58.3 Å². The fourth-order valence-corrected chi connectivity index (χ4v) is 11.9. The van der Waals surface area contributed by atoms with Gasteiger partial charge in [0.1, 0.15) is 17.5 Å². The highest BCUT2D eigenvalue weighted by atomic mass is 16.6. The molecule has 0 aromatic carbocycles. The Bertz CT molecular complexity index is 1820. The van der Waals surface area contributed by atoms with Gasteiger partial charge in [-0.05, 0) is 98.7 Å². The number of ether oxygens (including phenoxy) is 3. The third kappa shape index (κ3) is 7.35. The number of rotatable bonds is 7. The van der Waals surface area contributed by atoms with Crippen molar-refractivity contribution in [1.29, 1.82) is 0 Å². The van der Waals surface area contributed by atoms with E-state index in [2.05, 4.69) is 63.7 Å². The van der Waals surface area contributed by atoms with Gasteiger partial charge in [-0.2, -0.15) is 0 Å². The van der Waals surface area contributed by atoms with Crippen LogP contribution >= 0.6 is 0 Å². The van der Waals surface area contributed by atoms with Gasteiger partial charge in [0, 0.05) is 39.0 Å². The molecule has 308 valence electrons. The van der Waals surface area contributed by atoms with Gasteiger partial charge in [0.25, 0.3) is 5.69 Å². The number of aromatic nitrogens is 3. The van der Waals surface area contributed by atoms with Gasteiger partial charge in [0.05, 0.1) is 24.1 Å². The highest BCUT2D eigenvalue weighted by Gasteiger charge is 2.56. The molecule has 5 saturated carbocycles. The fourth-order valence-electron chi connectivity index (χ4n) is 11.9. The minimum absolute atomic E-state index is 0.00303. The summed E-state index contributed by atoms with van der Waals surface area (Å²) in [6.07, 6.45) is 10.8. The largest absolute Gasteiger partial charge is 0.459 e. The molecule has 2 heterocycles. The maximum absolute atomic E-state index is 14.7. The minimum atomic E-state index is -0.684. The van der Waals surface area contributed by atoms with Crippen molar-refractivity contribution in [1.82, 2.24) is 24.8 Å². The zero-order chi connectivity index (χ0) is 40.5. The second-order valence-electron chi connectivity index (χ2n) is 20.8. The van der Waals surface area contributed by atoms with E-state index >= 15 is 0 Å². The van der Waals surface area contributed by atoms with E-state index in [-0.39, 0.29) is 80.9 Å². The Morgan fingerprint density at radius 1 is 0.929 bits per heavy atom. The van der Waals surface area contributed by atoms with Crippen molar-refractivity contribution < 1.29 is 28.6 Å². The van der Waals surface area contributed by atoms with Crippen molar-refractivity contribution in [3.8, 4) is 5.88 Å². The molecule has 0 aliphatic heterocycles. The van der Waals surface area contributed by atoms with Crippen molar-refractivity contribution in [2.75, 3.05) is 21.2 Å². The highest BCUT2D eigenvalue weighted by molar-refractivity contribution is 6.05. The van der Waals surface area contributed by atoms with Gasteiger partial charge in [-0.3, -0.25) is 9.89 Å². The van der Waals surface area contributed by atoms with Gasteiger partial charge in [-0.15, -0.1) is 0 Å². The van der Waals surface area contributed by atoms with E-state index in [4.69, 9.17) is 25.8 Å². The summed E-state index contributed by atoms with van der Waals surface area (Å²) in [4.78, 5) is 52.1. The maximum Gasteiger partial charge on any atom is 0.414 e. The summed E-state index contributed by atoms with van der Waals surface area (Å²) in [6, 6.07) is -0.211. The lowest BCUT2D eigenvalue weighted by atomic mass is 9.49. The van der Waals surface area contributed by atoms with Crippen LogP contribution in [0.4, 0.5) is 10.5 Å². The van der Waals surface area contributed by atoms with Crippen molar-refractivity contribution >= 4 is 29.3 Å². The Kier molecular flexibility index (Phi) is 10.9. The molecule has 5 aliphatic rings. The van der Waals surface area contributed by atoms with Gasteiger partial charge in [0.2, 0.25) is 11.8 Å². The number of hydrogen-bond acceptors (Lipinski definition) is 7. The molecular formula is C44H66N6O6. The zero-order valence-corrected chi connectivity index (χ0v) is 35.5. The minimum Gasteiger partial charge on any atom is -0.459 e. The molecule has 0 spiro atoms. The first-order valence-corrected chi connectivity index (χ1v) is 21.3. The average molecular weight is 775 g/mol. The van der Waals surface area contributed by atoms with Gasteiger partial charge in [0.15, 0.2) is 5.65 Å². The molecule has 2 aromatic heterocycles. The summed E-state index contributed by atoms with van der Waals surface area (Å²) < 4.78 is 19.9. The van der Waals surface area contributed by atoms with E-state index in [1.807, 2.05) is 0 Å². The second-order valence-corrected chi connectivity index (χ2v) is 20.8. The fraction of sp³-hybridized carbons (Fsp3) is 0.795. The number of carbonyl (C=O) groups is 3. The molecule has 2 N–H and O–H groups in total. The van der Waals surface area contributed by atoms with E-state index in [1.54, 1.807) is 21.2 Å². The summed E-state index contributed by atoms with van der Waals surface area (Å²) >= 11 is 0. The number of nitrogens with zero attached hydrogens (tertiary/aromatic N) is 4. The van der Waals surface area contributed by atoms with Gasteiger partial charge in [-0.1, -0.05) is 61.3 Å². The lowest BCUT2D eigenvalue weighted by Crippen LogP contribution is -2.59. The number of nitrogens with one attached hydrogen (secondary N) is 2. The van der Waals surface area contributed by atoms with Crippen LogP contribution in [0.5, 0.6) is 5.88 Å². The Morgan fingerprint density at radius 3 is 2.11 bits per heavy atom. The van der Waals surface area contributed by atoms with Crippen LogP contribution in [0.25, 0.3) is 10.5 Å². The topological polar surface area (TPSA) is 132 Å². The first kappa shape index (κ1) is 40.6. The van der Waals surface area contributed by atoms with E-state index in [0.29, 0.717) is 35.9 Å². The molecule has 7 rings (SSSR count). The molecule has 0 radical (unpaired) electrons. The van der Waals surface area contributed by atoms with Crippen LogP contribution in [0.2, 0.25) is 0 Å².